The van der Waals surface area contributed by atoms with Crippen molar-refractivity contribution in [3.05, 3.63) is 222 Å². The van der Waals surface area contributed by atoms with Crippen molar-refractivity contribution in [3.8, 4) is 22.3 Å². The van der Waals surface area contributed by atoms with E-state index in [0.29, 0.717) is 0 Å². The molecule has 0 amide bonds. The second-order valence-corrected chi connectivity index (χ2v) is 14.0. The van der Waals surface area contributed by atoms with E-state index in [-0.39, 0.29) is 29.7 Å². The number of benzene rings is 8. The first-order valence-corrected chi connectivity index (χ1v) is 17.9. The highest BCUT2D eigenvalue weighted by Gasteiger charge is 2.46. The molecule has 1 atom stereocenters. The molecular formula is C49H33NS. The lowest BCUT2D eigenvalue weighted by Crippen LogP contribution is -2.28. The van der Waals surface area contributed by atoms with Gasteiger partial charge in [-0.15, -0.1) is 11.3 Å². The largest absolute Gasteiger partial charge is 0.310 e. The van der Waals surface area contributed by atoms with Gasteiger partial charge in [-0.3, -0.25) is 0 Å². The highest BCUT2D eigenvalue weighted by atomic mass is 32.1. The van der Waals surface area contributed by atoms with Crippen LogP contribution in [0.25, 0.3) is 42.4 Å². The second-order valence-electron chi connectivity index (χ2n) is 12.9. The van der Waals surface area contributed by atoms with Crippen LogP contribution in [-0.4, -0.2) is 0 Å². The van der Waals surface area contributed by atoms with E-state index >= 15 is 0 Å². The van der Waals surface area contributed by atoms with Crippen molar-refractivity contribution in [2.24, 2.45) is 0 Å². The van der Waals surface area contributed by atoms with Gasteiger partial charge >= 0.3 is 0 Å². The highest BCUT2D eigenvalue weighted by molar-refractivity contribution is 7.25. The topological polar surface area (TPSA) is 3.24 Å². The Kier molecular flexibility index (Phi) is 5.84. The first-order valence-electron chi connectivity index (χ1n) is 19.6. The van der Waals surface area contributed by atoms with Crippen LogP contribution in [0.3, 0.4) is 0 Å². The van der Waals surface area contributed by atoms with E-state index in [1.165, 1.54) is 10.1 Å². The zero-order chi connectivity index (χ0) is 38.1. The molecule has 0 spiro atoms. The summed E-state index contributed by atoms with van der Waals surface area (Å²) in [5.41, 5.74) is 8.66. The predicted octanol–water partition coefficient (Wildman–Crippen LogP) is 13.6. The molecule has 1 aromatic heterocycles. The van der Waals surface area contributed by atoms with E-state index in [0.717, 1.165) is 66.1 Å². The van der Waals surface area contributed by atoms with Gasteiger partial charge in [0.2, 0.25) is 0 Å². The third kappa shape index (κ3) is 4.61. The predicted molar refractivity (Wildman–Crippen MR) is 217 cm³/mol. The summed E-state index contributed by atoms with van der Waals surface area (Å²) < 4.78 is 47.5. The summed E-state index contributed by atoms with van der Waals surface area (Å²) in [7, 11) is 0. The maximum atomic E-state index is 9.47. The lowest BCUT2D eigenvalue weighted by atomic mass is 9.67. The van der Waals surface area contributed by atoms with Crippen molar-refractivity contribution >= 4 is 48.6 Å². The zero-order valence-electron chi connectivity index (χ0n) is 32.5. The molecule has 1 aliphatic rings. The molecule has 0 saturated heterocycles. The second kappa shape index (κ2) is 12.0. The number of nitrogens with zero attached hydrogens (tertiary/aromatic N) is 1. The van der Waals surface area contributed by atoms with Gasteiger partial charge in [0.05, 0.1) is 18.0 Å². The minimum atomic E-state index is -1.22. The molecule has 0 fully saturated rings. The number of hydrogen-bond acceptors (Lipinski definition) is 2. The molecule has 0 saturated carbocycles. The molecule has 0 N–H and O–H groups in total. The van der Waals surface area contributed by atoms with Gasteiger partial charge in [0.15, 0.2) is 0 Å². The SMILES string of the molecule is [2H]c1c([2H])c([2H])c(C2(c3ccc4c(c3)sc3ccccc34)c3ccccc3-c3cc(N(c4ccccc4)c4ccccc4-c4ccccc4)ccc32)c([2H])c1[2H]. The van der Waals surface area contributed by atoms with Crippen LogP contribution in [0.2, 0.25) is 0 Å². The summed E-state index contributed by atoms with van der Waals surface area (Å²) in [6.45, 7) is 0. The molecule has 1 heterocycles. The molecular weight excluding hydrogens is 635 g/mol. The van der Waals surface area contributed by atoms with E-state index in [1.807, 2.05) is 42.5 Å². The van der Waals surface area contributed by atoms with Gasteiger partial charge in [0.25, 0.3) is 0 Å². The van der Waals surface area contributed by atoms with E-state index in [4.69, 9.17) is 4.11 Å². The lowest BCUT2D eigenvalue weighted by molar-refractivity contribution is 0.770. The Labute approximate surface area is 309 Å². The normalized spacial score (nSPS) is 16.1. The Morgan fingerprint density at radius 1 is 0.451 bits per heavy atom. The van der Waals surface area contributed by atoms with Crippen LogP contribution in [0.15, 0.2) is 200 Å². The fourth-order valence-corrected chi connectivity index (χ4v) is 9.21. The molecule has 1 unspecified atom stereocenters. The summed E-state index contributed by atoms with van der Waals surface area (Å²) in [6, 6.07) is 57.0. The van der Waals surface area contributed by atoms with Crippen LogP contribution >= 0.6 is 11.3 Å². The summed E-state index contributed by atoms with van der Waals surface area (Å²) in [5, 5.41) is 2.30. The van der Waals surface area contributed by atoms with Crippen molar-refractivity contribution < 1.29 is 6.85 Å². The van der Waals surface area contributed by atoms with E-state index in [9.17, 15) is 2.74 Å². The molecule has 1 nitrogen and oxygen atoms in total. The Balaban J connectivity index is 1.29. The van der Waals surface area contributed by atoms with Crippen LogP contribution in [0.5, 0.6) is 0 Å². The van der Waals surface area contributed by atoms with Crippen LogP contribution in [0, 0.1) is 0 Å². The fourth-order valence-electron chi connectivity index (χ4n) is 8.07. The maximum Gasteiger partial charge on any atom is 0.0714 e. The van der Waals surface area contributed by atoms with E-state index in [2.05, 4.69) is 132 Å². The van der Waals surface area contributed by atoms with Crippen molar-refractivity contribution in [1.29, 1.82) is 0 Å². The number of fused-ring (bicyclic) bond motifs is 6. The minimum Gasteiger partial charge on any atom is -0.310 e. The smallest absolute Gasteiger partial charge is 0.0714 e. The molecule has 0 radical (unpaired) electrons. The molecule has 51 heavy (non-hydrogen) atoms. The third-order valence-corrected chi connectivity index (χ3v) is 11.4. The standard InChI is InChI=1S/C49H33NS/c1-4-16-34(17-5-1)39-22-11-14-26-46(39)50(37-20-8-3-9-21-37)38-29-31-45-43(33-38)40-23-10-13-25-44(40)49(45,35-18-6-2-7-19-35)36-28-30-42-41-24-12-15-27-47(41)51-48(42)32-36/h1-33H/i2D,6D,7D,18D,19D. The molecule has 0 bridgehead atoms. The number of anilines is 3. The Bertz CT molecular complexity index is 2970. The van der Waals surface area contributed by atoms with Gasteiger partial charge in [-0.1, -0.05) is 158 Å². The summed E-state index contributed by atoms with van der Waals surface area (Å²) >= 11 is 1.70. The minimum absolute atomic E-state index is 0.207. The maximum absolute atomic E-state index is 9.47. The molecule has 10 rings (SSSR count). The van der Waals surface area contributed by atoms with Crippen LogP contribution in [-0.2, 0) is 5.41 Å². The van der Waals surface area contributed by atoms with E-state index < -0.39 is 11.5 Å². The van der Waals surface area contributed by atoms with Gasteiger partial charge in [-0.05, 0) is 81.4 Å². The van der Waals surface area contributed by atoms with Crippen molar-refractivity contribution in [2.75, 3.05) is 4.90 Å². The quantitative estimate of drug-likeness (QED) is 0.170. The lowest BCUT2D eigenvalue weighted by Gasteiger charge is -2.34. The molecule has 240 valence electrons. The Hall–Kier alpha value is -6.22. The number of thiophene rings is 1. The van der Waals surface area contributed by atoms with Crippen molar-refractivity contribution in [1.82, 2.24) is 0 Å². The van der Waals surface area contributed by atoms with Gasteiger partial charge < -0.3 is 4.90 Å². The average molecular weight is 673 g/mol. The summed E-state index contributed by atoms with van der Waals surface area (Å²) in [4.78, 5) is 2.28. The van der Waals surface area contributed by atoms with Crippen molar-refractivity contribution in [3.63, 3.8) is 0 Å². The monoisotopic (exact) mass is 672 g/mol. The van der Waals surface area contributed by atoms with Crippen LogP contribution in [0.4, 0.5) is 17.1 Å². The van der Waals surface area contributed by atoms with Crippen molar-refractivity contribution in [2.45, 2.75) is 5.41 Å². The summed E-state index contributed by atoms with van der Waals surface area (Å²) in [5.74, 6) is 0. The van der Waals surface area contributed by atoms with Gasteiger partial charge in [-0.2, -0.15) is 0 Å². The number of rotatable bonds is 6. The highest BCUT2D eigenvalue weighted by Crippen LogP contribution is 2.58. The summed E-state index contributed by atoms with van der Waals surface area (Å²) in [6.07, 6.45) is 0. The average Bonchev–Trinajstić information content (AvgIpc) is 3.76. The van der Waals surface area contributed by atoms with Crippen LogP contribution in [0.1, 0.15) is 29.1 Å². The van der Waals surface area contributed by atoms with E-state index in [1.54, 1.807) is 11.3 Å². The zero-order valence-corrected chi connectivity index (χ0v) is 28.3. The first-order chi connectivity index (χ1) is 27.4. The van der Waals surface area contributed by atoms with Gasteiger partial charge in [-0.25, -0.2) is 0 Å². The molecule has 1 aliphatic carbocycles. The third-order valence-electron chi connectivity index (χ3n) is 10.2. The number of hydrogen-bond donors (Lipinski definition) is 0. The Morgan fingerprint density at radius 3 is 1.96 bits per heavy atom. The molecule has 8 aromatic carbocycles. The molecule has 9 aromatic rings. The molecule has 2 heteroatoms. The Morgan fingerprint density at radius 2 is 1.12 bits per heavy atom. The number of para-hydroxylation sites is 2. The first kappa shape index (κ1) is 24.8. The van der Waals surface area contributed by atoms with Gasteiger partial charge in [0.1, 0.15) is 0 Å². The van der Waals surface area contributed by atoms with Gasteiger partial charge in [0, 0.05) is 37.1 Å². The molecule has 0 aliphatic heterocycles. The van der Waals surface area contributed by atoms with Crippen LogP contribution < -0.4 is 4.90 Å². The fraction of sp³-hybridized carbons (Fsp3) is 0.0204.